The van der Waals surface area contributed by atoms with Crippen molar-refractivity contribution in [2.75, 3.05) is 79.5 Å². The number of nitrogens with one attached hydrogen (secondary N) is 5. The molecule has 1 unspecified atom stereocenters. The summed E-state index contributed by atoms with van der Waals surface area (Å²) in [6.45, 7) is 12.5. The maximum Gasteiger partial charge on any atom is 0.237 e. The monoisotopic (exact) mass is 772 g/mol. The Balaban J connectivity index is 3.42. The number of hydrogen-bond acceptors (Lipinski definition) is 9. The zero-order valence-electron chi connectivity index (χ0n) is 35.1. The summed E-state index contributed by atoms with van der Waals surface area (Å²) in [7, 11) is 1.78. The topological polar surface area (TPSA) is 165 Å². The second kappa shape index (κ2) is 37.6. The molecule has 0 radical (unpaired) electrons. The molecule has 13 nitrogen and oxygen atoms in total. The van der Waals surface area contributed by atoms with Crippen LogP contribution < -0.4 is 26.6 Å². The smallest absolute Gasteiger partial charge is 0.237 e. The van der Waals surface area contributed by atoms with Gasteiger partial charge in [0.05, 0.1) is 58.9 Å². The first-order valence-corrected chi connectivity index (χ1v) is 21.2. The molecule has 5 N–H and O–H groups in total. The van der Waals surface area contributed by atoms with Crippen LogP contribution in [0, 0.1) is 0 Å². The van der Waals surface area contributed by atoms with Gasteiger partial charge in [0, 0.05) is 44.4 Å². The van der Waals surface area contributed by atoms with Gasteiger partial charge in [-0.15, -0.1) is 0 Å². The Labute approximate surface area is 328 Å². The highest BCUT2D eigenvalue weighted by molar-refractivity contribution is 5.82. The number of hydrogen-bond donors (Lipinski definition) is 5. The molecule has 0 heterocycles. The summed E-state index contributed by atoms with van der Waals surface area (Å²) in [5.41, 5.74) is -0.268. The highest BCUT2D eigenvalue weighted by atomic mass is 16.5. The van der Waals surface area contributed by atoms with Gasteiger partial charge in [-0.1, -0.05) is 84.0 Å². The predicted octanol–water partition coefficient (Wildman–Crippen LogP) is 5.34. The molecule has 0 fully saturated rings. The van der Waals surface area contributed by atoms with Gasteiger partial charge in [-0.3, -0.25) is 19.2 Å². The van der Waals surface area contributed by atoms with E-state index in [0.717, 1.165) is 25.7 Å². The van der Waals surface area contributed by atoms with Gasteiger partial charge in [0.25, 0.3) is 0 Å². The van der Waals surface area contributed by atoms with Crippen LogP contribution in [0.2, 0.25) is 0 Å². The number of likely N-dealkylation sites (N-methyl/N-ethyl adjacent to an activating group) is 1. The van der Waals surface area contributed by atoms with Crippen molar-refractivity contribution in [1.82, 2.24) is 26.6 Å². The van der Waals surface area contributed by atoms with E-state index in [1.54, 1.807) is 7.05 Å². The van der Waals surface area contributed by atoms with Gasteiger partial charge in [0.1, 0.15) is 0 Å². The number of amides is 4. The Bertz CT molecular complexity index is 918. The van der Waals surface area contributed by atoms with Crippen LogP contribution in [0.5, 0.6) is 0 Å². The number of ether oxygens (including phenoxy) is 4. The lowest BCUT2D eigenvalue weighted by Crippen LogP contribution is -2.49. The molecule has 0 aromatic carbocycles. The minimum atomic E-state index is -0.268. The van der Waals surface area contributed by atoms with Crippen LogP contribution in [-0.2, 0) is 38.1 Å². The van der Waals surface area contributed by atoms with Gasteiger partial charge in [0.15, 0.2) is 0 Å². The van der Waals surface area contributed by atoms with Crippen molar-refractivity contribution in [1.29, 1.82) is 0 Å². The lowest BCUT2D eigenvalue weighted by atomic mass is 10.0. The molecule has 318 valence electrons. The summed E-state index contributed by atoms with van der Waals surface area (Å²) in [6, 6.07) is -0.245. The molecule has 0 aliphatic carbocycles. The van der Waals surface area contributed by atoms with E-state index in [9.17, 15) is 19.2 Å². The summed E-state index contributed by atoms with van der Waals surface area (Å²) in [5.74, 6) is -0.102. The van der Waals surface area contributed by atoms with Crippen molar-refractivity contribution in [3.05, 3.63) is 0 Å². The normalized spacial score (nSPS) is 12.0. The lowest BCUT2D eigenvalue weighted by Gasteiger charge is -2.24. The first-order valence-electron chi connectivity index (χ1n) is 21.2. The van der Waals surface area contributed by atoms with Crippen molar-refractivity contribution in [2.45, 2.75) is 161 Å². The Morgan fingerprint density at radius 2 is 0.889 bits per heavy atom. The maximum absolute atomic E-state index is 12.3. The summed E-state index contributed by atoms with van der Waals surface area (Å²) in [4.78, 5) is 48.2. The Morgan fingerprint density at radius 3 is 1.33 bits per heavy atom. The van der Waals surface area contributed by atoms with Crippen LogP contribution in [0.25, 0.3) is 0 Å². The predicted molar refractivity (Wildman–Crippen MR) is 216 cm³/mol. The van der Waals surface area contributed by atoms with E-state index < -0.39 is 0 Å². The van der Waals surface area contributed by atoms with Crippen LogP contribution in [0.4, 0.5) is 0 Å². The number of unbranched alkanes of at least 4 members (excludes halogenated alkanes) is 13. The summed E-state index contributed by atoms with van der Waals surface area (Å²) in [5, 5.41) is 14.6. The molecule has 0 spiro atoms. The van der Waals surface area contributed by atoms with Gasteiger partial charge in [-0.25, -0.2) is 0 Å². The van der Waals surface area contributed by atoms with Gasteiger partial charge < -0.3 is 45.5 Å². The standard InChI is InChI=1S/C41H81N5O8/c1-6-7-8-9-10-11-12-13-14-15-16-17-18-22-37(47)44-26-30-53-34-33-52-29-24-39(49)45-27-31-54-35-32-51-28-23-38(48)43-25-20-19-21-36(42-5)40(50)46-41(2,3)4/h36,42H,6-35H2,1-5H3,(H,43,48)(H,44,47)(H,45,49)(H,46,50). The fourth-order valence-electron chi connectivity index (χ4n) is 5.63. The minimum Gasteiger partial charge on any atom is -0.379 e. The van der Waals surface area contributed by atoms with Crippen molar-refractivity contribution in [3.8, 4) is 0 Å². The third-order valence-electron chi connectivity index (χ3n) is 8.74. The number of carbonyl (C=O) groups excluding carboxylic acids is 4. The fraction of sp³-hybridized carbons (Fsp3) is 0.902. The second-order valence-electron chi connectivity index (χ2n) is 15.1. The zero-order chi connectivity index (χ0) is 40.0. The molecule has 0 aliphatic rings. The highest BCUT2D eigenvalue weighted by Gasteiger charge is 2.21. The molecule has 0 saturated carbocycles. The number of carbonyl (C=O) groups is 4. The zero-order valence-corrected chi connectivity index (χ0v) is 35.1. The maximum atomic E-state index is 12.3. The van der Waals surface area contributed by atoms with Crippen molar-refractivity contribution in [2.24, 2.45) is 0 Å². The van der Waals surface area contributed by atoms with E-state index in [0.29, 0.717) is 85.3 Å². The molecule has 0 rings (SSSR count). The average molecular weight is 772 g/mol. The third kappa shape index (κ3) is 38.0. The summed E-state index contributed by atoms with van der Waals surface area (Å²) < 4.78 is 21.9. The molecule has 4 amide bonds. The Kier molecular flexibility index (Phi) is 36.0. The summed E-state index contributed by atoms with van der Waals surface area (Å²) in [6.07, 6.45) is 20.3. The van der Waals surface area contributed by atoms with E-state index >= 15 is 0 Å². The van der Waals surface area contributed by atoms with E-state index in [4.69, 9.17) is 18.9 Å². The molecule has 1 atom stereocenters. The largest absolute Gasteiger partial charge is 0.379 e. The van der Waals surface area contributed by atoms with Crippen LogP contribution >= 0.6 is 0 Å². The Morgan fingerprint density at radius 1 is 0.481 bits per heavy atom. The van der Waals surface area contributed by atoms with Gasteiger partial charge in [-0.2, -0.15) is 0 Å². The molecule has 0 aromatic heterocycles. The molecular weight excluding hydrogens is 690 g/mol. The van der Waals surface area contributed by atoms with Gasteiger partial charge >= 0.3 is 0 Å². The average Bonchev–Trinajstić information content (AvgIpc) is 3.12. The lowest BCUT2D eigenvalue weighted by molar-refractivity contribution is -0.125. The molecule has 54 heavy (non-hydrogen) atoms. The Hall–Kier alpha value is -2.32. The SMILES string of the molecule is CCCCCCCCCCCCCCCC(=O)NCCOCCOCCC(=O)NCCOCCOCCC(=O)NCCCCC(NC)C(=O)NC(C)(C)C. The molecular formula is C41H81N5O8. The van der Waals surface area contributed by atoms with E-state index in [1.807, 2.05) is 20.8 Å². The van der Waals surface area contributed by atoms with Crippen LogP contribution in [-0.4, -0.2) is 115 Å². The van der Waals surface area contributed by atoms with E-state index in [-0.39, 0.29) is 48.1 Å². The van der Waals surface area contributed by atoms with E-state index in [1.165, 1.54) is 70.6 Å². The van der Waals surface area contributed by atoms with Crippen molar-refractivity contribution in [3.63, 3.8) is 0 Å². The first kappa shape index (κ1) is 51.7. The fourth-order valence-corrected chi connectivity index (χ4v) is 5.63. The van der Waals surface area contributed by atoms with E-state index in [2.05, 4.69) is 33.5 Å². The van der Waals surface area contributed by atoms with Gasteiger partial charge in [0.2, 0.25) is 23.6 Å². The molecule has 0 aliphatic heterocycles. The second-order valence-corrected chi connectivity index (χ2v) is 15.1. The number of rotatable bonds is 39. The summed E-state index contributed by atoms with van der Waals surface area (Å²) >= 11 is 0. The van der Waals surface area contributed by atoms with Crippen molar-refractivity contribution >= 4 is 23.6 Å². The highest BCUT2D eigenvalue weighted by Crippen LogP contribution is 2.13. The van der Waals surface area contributed by atoms with Crippen molar-refractivity contribution < 1.29 is 38.1 Å². The van der Waals surface area contributed by atoms with Crippen LogP contribution in [0.3, 0.4) is 0 Å². The minimum absolute atomic E-state index is 0.00985. The third-order valence-corrected chi connectivity index (χ3v) is 8.74. The molecule has 13 heteroatoms. The first-order chi connectivity index (χ1) is 26.1. The molecule has 0 bridgehead atoms. The molecule has 0 saturated heterocycles. The quantitative estimate of drug-likeness (QED) is 0.0520. The van der Waals surface area contributed by atoms with Crippen LogP contribution in [0.1, 0.15) is 150 Å². The van der Waals surface area contributed by atoms with Gasteiger partial charge in [-0.05, 0) is 53.5 Å². The van der Waals surface area contributed by atoms with Crippen LogP contribution in [0.15, 0.2) is 0 Å². The molecule has 0 aromatic rings.